The third-order valence-electron chi connectivity index (χ3n) is 2.99. The molecule has 19 heavy (non-hydrogen) atoms. The highest BCUT2D eigenvalue weighted by molar-refractivity contribution is 5.09. The van der Waals surface area contributed by atoms with E-state index in [0.29, 0.717) is 6.04 Å². The van der Waals surface area contributed by atoms with Gasteiger partial charge in [0.1, 0.15) is 0 Å². The molecule has 2 heterocycles. The monoisotopic (exact) mass is 260 g/mol. The molecule has 0 aliphatic rings. The normalized spacial score (nSPS) is 11.4. The van der Waals surface area contributed by atoms with Crippen LogP contribution < -0.4 is 0 Å². The van der Waals surface area contributed by atoms with Crippen molar-refractivity contribution in [1.29, 1.82) is 0 Å². The van der Waals surface area contributed by atoms with Gasteiger partial charge in [-0.05, 0) is 55.4 Å². The Morgan fingerprint density at radius 2 is 2.00 bits per heavy atom. The Morgan fingerprint density at radius 1 is 1.26 bits per heavy atom. The summed E-state index contributed by atoms with van der Waals surface area (Å²) >= 11 is 0. The van der Waals surface area contributed by atoms with Crippen molar-refractivity contribution in [1.82, 2.24) is 30.1 Å². The molecule has 0 saturated carbocycles. The number of hydrogen-bond donors (Lipinski definition) is 0. The van der Waals surface area contributed by atoms with E-state index in [1.165, 1.54) is 5.56 Å². The van der Waals surface area contributed by atoms with E-state index >= 15 is 0 Å². The summed E-state index contributed by atoms with van der Waals surface area (Å²) in [4.78, 5) is 6.25. The lowest BCUT2D eigenvalue weighted by Crippen LogP contribution is -2.23. The maximum Gasteiger partial charge on any atom is 0.165 e. The van der Waals surface area contributed by atoms with Gasteiger partial charge in [0.15, 0.2) is 5.82 Å². The van der Waals surface area contributed by atoms with Crippen LogP contribution in [0.1, 0.15) is 31.3 Å². The largest absolute Gasteiger partial charge is 0.299 e. The molecular weight excluding hydrogens is 240 g/mol. The van der Waals surface area contributed by atoms with E-state index in [2.05, 4.69) is 46.3 Å². The second-order valence-electron chi connectivity index (χ2n) is 4.98. The van der Waals surface area contributed by atoms with Crippen LogP contribution >= 0.6 is 0 Å². The molecule has 0 bridgehead atoms. The minimum absolute atomic E-state index is 0.290. The molecule has 2 aromatic rings. The van der Waals surface area contributed by atoms with Crippen LogP contribution in [0, 0.1) is 0 Å². The lowest BCUT2D eigenvalue weighted by Gasteiger charge is -2.16. The summed E-state index contributed by atoms with van der Waals surface area (Å²) in [5, 5.41) is 11.8. The Labute approximate surface area is 113 Å². The summed E-state index contributed by atoms with van der Waals surface area (Å²) in [6, 6.07) is 4.39. The second-order valence-corrected chi connectivity index (χ2v) is 4.98. The van der Waals surface area contributed by atoms with E-state index in [1.807, 2.05) is 29.2 Å². The van der Waals surface area contributed by atoms with E-state index in [1.54, 1.807) is 0 Å². The molecule has 102 valence electrons. The first kappa shape index (κ1) is 13.6. The van der Waals surface area contributed by atoms with Gasteiger partial charge in [-0.25, -0.2) is 4.68 Å². The average molecular weight is 260 g/mol. The molecule has 0 fully saturated rings. The van der Waals surface area contributed by atoms with Crippen molar-refractivity contribution >= 4 is 0 Å². The van der Waals surface area contributed by atoms with Gasteiger partial charge in [0, 0.05) is 18.9 Å². The van der Waals surface area contributed by atoms with Crippen molar-refractivity contribution in [2.45, 2.75) is 32.9 Å². The summed E-state index contributed by atoms with van der Waals surface area (Å²) < 4.78 is 1.86. The van der Waals surface area contributed by atoms with Gasteiger partial charge in [0.25, 0.3) is 0 Å². The van der Waals surface area contributed by atoms with Crippen LogP contribution in [0.15, 0.2) is 24.5 Å². The number of pyridine rings is 1. The number of nitrogens with zero attached hydrogens (tertiary/aromatic N) is 6. The van der Waals surface area contributed by atoms with E-state index in [9.17, 15) is 0 Å². The van der Waals surface area contributed by atoms with Gasteiger partial charge in [-0.2, -0.15) is 0 Å². The van der Waals surface area contributed by atoms with Crippen molar-refractivity contribution in [2.75, 3.05) is 13.6 Å². The molecule has 0 N–H and O–H groups in total. The van der Waals surface area contributed by atoms with Gasteiger partial charge in [-0.15, -0.1) is 5.10 Å². The molecule has 0 spiro atoms. The first-order valence-electron chi connectivity index (χ1n) is 6.51. The zero-order valence-electron chi connectivity index (χ0n) is 11.7. The molecule has 6 heteroatoms. The Morgan fingerprint density at radius 3 is 2.68 bits per heavy atom. The number of likely N-dealkylation sites (N-methyl/N-ethyl adjacent to an activating group) is 1. The lowest BCUT2D eigenvalue weighted by atomic mass is 10.2. The van der Waals surface area contributed by atoms with E-state index in [0.717, 1.165) is 25.3 Å². The third kappa shape index (κ3) is 3.82. The lowest BCUT2D eigenvalue weighted by molar-refractivity contribution is 0.309. The maximum atomic E-state index is 4.08. The van der Waals surface area contributed by atoms with Crippen molar-refractivity contribution in [3.05, 3.63) is 35.9 Å². The fourth-order valence-electron chi connectivity index (χ4n) is 1.91. The van der Waals surface area contributed by atoms with Crippen LogP contribution in [0.4, 0.5) is 0 Å². The fourth-order valence-corrected chi connectivity index (χ4v) is 1.91. The summed E-state index contributed by atoms with van der Waals surface area (Å²) in [5.74, 6) is 0.909. The van der Waals surface area contributed by atoms with Crippen LogP contribution in [0.3, 0.4) is 0 Å². The number of tetrazole rings is 1. The summed E-state index contributed by atoms with van der Waals surface area (Å²) in [6.07, 6.45) is 4.66. The molecule has 0 saturated heterocycles. The van der Waals surface area contributed by atoms with Crippen LogP contribution in [0.2, 0.25) is 0 Å². The van der Waals surface area contributed by atoms with Gasteiger partial charge in [-0.1, -0.05) is 0 Å². The van der Waals surface area contributed by atoms with Crippen molar-refractivity contribution in [3.8, 4) is 0 Å². The molecule has 2 aromatic heterocycles. The average Bonchev–Trinajstić information content (AvgIpc) is 2.86. The molecule has 2 rings (SSSR count). The minimum atomic E-state index is 0.290. The summed E-state index contributed by atoms with van der Waals surface area (Å²) in [6.45, 7) is 5.89. The Balaban J connectivity index is 1.87. The molecule has 0 aromatic carbocycles. The predicted molar refractivity (Wildman–Crippen MR) is 72.5 cm³/mol. The Hall–Kier alpha value is -1.82. The maximum absolute atomic E-state index is 4.08. The van der Waals surface area contributed by atoms with E-state index in [4.69, 9.17) is 0 Å². The topological polar surface area (TPSA) is 59.7 Å². The fraction of sp³-hybridized carbons (Fsp3) is 0.538. The molecule has 0 aliphatic heterocycles. The first-order chi connectivity index (χ1) is 9.16. The van der Waals surface area contributed by atoms with Gasteiger partial charge in [-0.3, -0.25) is 9.88 Å². The predicted octanol–water partition coefficient (Wildman–Crippen LogP) is 1.32. The van der Waals surface area contributed by atoms with Gasteiger partial charge >= 0.3 is 0 Å². The highest BCUT2D eigenvalue weighted by atomic mass is 15.6. The Kier molecular flexibility index (Phi) is 4.57. The molecule has 0 aliphatic carbocycles. The quantitative estimate of drug-likeness (QED) is 0.784. The van der Waals surface area contributed by atoms with Gasteiger partial charge in [0.05, 0.1) is 12.6 Å². The van der Waals surface area contributed by atoms with Crippen LogP contribution in [0.25, 0.3) is 0 Å². The minimum Gasteiger partial charge on any atom is -0.299 e. The zero-order valence-corrected chi connectivity index (χ0v) is 11.7. The van der Waals surface area contributed by atoms with E-state index in [-0.39, 0.29) is 0 Å². The number of hydrogen-bond acceptors (Lipinski definition) is 5. The first-order valence-corrected chi connectivity index (χ1v) is 6.51. The molecule has 6 nitrogen and oxygen atoms in total. The molecule has 0 unspecified atom stereocenters. The van der Waals surface area contributed by atoms with Crippen LogP contribution in [-0.2, 0) is 13.0 Å². The SMILES string of the molecule is CC(C)n1nnnc1CN(C)CCc1ccncc1. The van der Waals surface area contributed by atoms with Gasteiger partial charge in [0.2, 0.25) is 0 Å². The van der Waals surface area contributed by atoms with Crippen LogP contribution in [0.5, 0.6) is 0 Å². The van der Waals surface area contributed by atoms with Crippen LogP contribution in [-0.4, -0.2) is 43.7 Å². The molecule has 0 amide bonds. The Bertz CT molecular complexity index is 493. The van der Waals surface area contributed by atoms with Crippen molar-refractivity contribution in [3.63, 3.8) is 0 Å². The highest BCUT2D eigenvalue weighted by Crippen LogP contribution is 2.07. The number of aromatic nitrogens is 5. The van der Waals surface area contributed by atoms with Crippen molar-refractivity contribution < 1.29 is 0 Å². The number of rotatable bonds is 6. The molecular formula is C13H20N6. The molecule has 0 radical (unpaired) electrons. The van der Waals surface area contributed by atoms with E-state index < -0.39 is 0 Å². The zero-order chi connectivity index (χ0) is 13.7. The summed E-state index contributed by atoms with van der Waals surface area (Å²) in [7, 11) is 2.08. The third-order valence-corrected chi connectivity index (χ3v) is 2.99. The van der Waals surface area contributed by atoms with Gasteiger partial charge < -0.3 is 0 Å². The second kappa shape index (κ2) is 6.38. The smallest absolute Gasteiger partial charge is 0.165 e. The van der Waals surface area contributed by atoms with Crippen molar-refractivity contribution in [2.24, 2.45) is 0 Å². The summed E-state index contributed by atoms with van der Waals surface area (Å²) in [5.41, 5.74) is 1.30. The highest BCUT2D eigenvalue weighted by Gasteiger charge is 2.11. The standard InChI is InChI=1S/C13H20N6/c1-11(2)19-13(15-16-17-19)10-18(3)9-6-12-4-7-14-8-5-12/h4-5,7-8,11H,6,9-10H2,1-3H3. The molecule has 0 atom stereocenters.